The lowest BCUT2D eigenvalue weighted by molar-refractivity contribution is -0.0119. The molecule has 1 atom stereocenters. The van der Waals surface area contributed by atoms with Gasteiger partial charge in [-0.1, -0.05) is 35.3 Å². The van der Waals surface area contributed by atoms with Gasteiger partial charge in [-0.2, -0.15) is 4.98 Å². The highest BCUT2D eigenvalue weighted by molar-refractivity contribution is 6.43. The van der Waals surface area contributed by atoms with E-state index in [1.807, 2.05) is 0 Å². The summed E-state index contributed by atoms with van der Waals surface area (Å²) in [6.45, 7) is 5.12. The molecule has 4 rings (SSSR count). The van der Waals surface area contributed by atoms with E-state index >= 15 is 0 Å². The number of nitrogen functional groups attached to an aromatic ring is 1. The van der Waals surface area contributed by atoms with Crippen LogP contribution in [0, 0.1) is 0 Å². The van der Waals surface area contributed by atoms with Crippen LogP contribution in [0.1, 0.15) is 0 Å². The summed E-state index contributed by atoms with van der Waals surface area (Å²) in [4.78, 5) is 8.99. The molecule has 0 amide bonds. The summed E-state index contributed by atoms with van der Waals surface area (Å²) in [5, 5.41) is 9.37. The molecule has 3 heterocycles. The number of benzene rings is 1. The van der Waals surface area contributed by atoms with E-state index in [0.717, 1.165) is 39.4 Å². The predicted octanol–water partition coefficient (Wildman–Crippen LogP) is 1.95. The van der Waals surface area contributed by atoms with Gasteiger partial charge < -0.3 is 15.4 Å². The summed E-state index contributed by atoms with van der Waals surface area (Å²) in [6, 6.07) is 5.66. The molecule has 0 bridgehead atoms. The van der Waals surface area contributed by atoms with Crippen molar-refractivity contribution in [2.45, 2.75) is 6.04 Å². The molecule has 0 spiro atoms. The van der Waals surface area contributed by atoms with Gasteiger partial charge in [-0.3, -0.25) is 4.90 Å². The molecule has 1 unspecified atom stereocenters. The van der Waals surface area contributed by atoms with Crippen LogP contribution >= 0.6 is 23.2 Å². The SMILES string of the molecule is Nc1nc(N2CCN3CCOCC3C2)nnc1-c1cccc(Cl)c1Cl. The zero-order chi connectivity index (χ0) is 17.4. The summed E-state index contributed by atoms with van der Waals surface area (Å²) in [5.41, 5.74) is 7.20. The Hall–Kier alpha value is -1.67. The molecule has 25 heavy (non-hydrogen) atoms. The highest BCUT2D eigenvalue weighted by atomic mass is 35.5. The van der Waals surface area contributed by atoms with Crippen LogP contribution in [-0.4, -0.2) is 65.5 Å². The van der Waals surface area contributed by atoms with Gasteiger partial charge in [0.05, 0.1) is 29.3 Å². The summed E-state index contributed by atoms with van der Waals surface area (Å²) in [7, 11) is 0. The Labute approximate surface area is 155 Å². The number of morpholine rings is 1. The highest BCUT2D eigenvalue weighted by Gasteiger charge is 2.31. The largest absolute Gasteiger partial charge is 0.382 e. The van der Waals surface area contributed by atoms with Gasteiger partial charge in [-0.05, 0) is 6.07 Å². The normalized spacial score (nSPS) is 21.2. The first-order valence-corrected chi connectivity index (χ1v) is 8.90. The number of piperazine rings is 1. The fraction of sp³-hybridized carbons (Fsp3) is 0.438. The van der Waals surface area contributed by atoms with Crippen LogP contribution in [0.25, 0.3) is 11.3 Å². The number of aromatic nitrogens is 3. The molecule has 2 aliphatic heterocycles. The zero-order valence-electron chi connectivity index (χ0n) is 13.5. The van der Waals surface area contributed by atoms with Crippen molar-refractivity contribution in [1.82, 2.24) is 20.1 Å². The molecular weight excluding hydrogens is 363 g/mol. The number of nitrogens with zero attached hydrogens (tertiary/aromatic N) is 5. The smallest absolute Gasteiger partial charge is 0.247 e. The molecule has 132 valence electrons. The highest BCUT2D eigenvalue weighted by Crippen LogP contribution is 2.34. The lowest BCUT2D eigenvalue weighted by Gasteiger charge is -2.43. The van der Waals surface area contributed by atoms with Crippen LogP contribution in [0.3, 0.4) is 0 Å². The Kier molecular flexibility index (Phi) is 4.64. The molecule has 2 N–H and O–H groups in total. The van der Waals surface area contributed by atoms with E-state index in [-0.39, 0.29) is 5.82 Å². The van der Waals surface area contributed by atoms with Gasteiger partial charge in [0.2, 0.25) is 5.95 Å². The van der Waals surface area contributed by atoms with E-state index in [1.165, 1.54) is 0 Å². The third-order valence-corrected chi connectivity index (χ3v) is 5.45. The third kappa shape index (κ3) is 3.25. The minimum atomic E-state index is 0.288. The van der Waals surface area contributed by atoms with Crippen molar-refractivity contribution >= 4 is 35.0 Å². The number of anilines is 2. The summed E-state index contributed by atoms with van der Waals surface area (Å²) in [5.74, 6) is 0.820. The fourth-order valence-electron chi connectivity index (χ4n) is 3.27. The molecule has 2 fully saturated rings. The third-order valence-electron chi connectivity index (χ3n) is 4.63. The molecule has 7 nitrogen and oxygen atoms in total. The van der Waals surface area contributed by atoms with Crippen molar-refractivity contribution in [3.63, 3.8) is 0 Å². The lowest BCUT2D eigenvalue weighted by atomic mass is 10.1. The molecule has 9 heteroatoms. The number of fused-ring (bicyclic) bond motifs is 1. The quantitative estimate of drug-likeness (QED) is 0.852. The molecule has 0 aliphatic carbocycles. The monoisotopic (exact) mass is 380 g/mol. The van der Waals surface area contributed by atoms with Crippen molar-refractivity contribution in [2.24, 2.45) is 0 Å². The standard InChI is InChI=1S/C16H18Cl2N6O/c17-12-3-1-2-11(13(12)18)14-15(19)20-16(22-21-14)24-5-4-23-6-7-25-9-10(23)8-24/h1-3,10H,4-9H2,(H2,19,20,22). The molecule has 1 aromatic heterocycles. The van der Waals surface area contributed by atoms with Crippen molar-refractivity contribution in [2.75, 3.05) is 50.0 Å². The Morgan fingerprint density at radius 3 is 2.88 bits per heavy atom. The van der Waals surface area contributed by atoms with Gasteiger partial charge in [0, 0.05) is 31.7 Å². The van der Waals surface area contributed by atoms with E-state index in [4.69, 9.17) is 33.7 Å². The molecule has 0 radical (unpaired) electrons. The molecule has 2 aliphatic rings. The van der Waals surface area contributed by atoms with E-state index in [0.29, 0.717) is 33.3 Å². The van der Waals surface area contributed by atoms with Crippen molar-refractivity contribution in [1.29, 1.82) is 0 Å². The van der Waals surface area contributed by atoms with Crippen LogP contribution in [0.5, 0.6) is 0 Å². The number of halogens is 2. The first-order chi connectivity index (χ1) is 12.1. The number of hydrogen-bond donors (Lipinski definition) is 1. The summed E-state index contributed by atoms with van der Waals surface area (Å²) >= 11 is 12.3. The van der Waals surface area contributed by atoms with Gasteiger partial charge in [0.1, 0.15) is 5.69 Å². The second kappa shape index (κ2) is 6.92. The fourth-order valence-corrected chi connectivity index (χ4v) is 3.66. The maximum absolute atomic E-state index is 6.25. The van der Waals surface area contributed by atoms with Gasteiger partial charge in [0.15, 0.2) is 5.82 Å². The Bertz CT molecular complexity index is 789. The van der Waals surface area contributed by atoms with Crippen molar-refractivity contribution in [3.05, 3.63) is 28.2 Å². The second-order valence-corrected chi connectivity index (χ2v) is 6.94. The Morgan fingerprint density at radius 1 is 1.16 bits per heavy atom. The summed E-state index contributed by atoms with van der Waals surface area (Å²) in [6.07, 6.45) is 0. The lowest BCUT2D eigenvalue weighted by Crippen LogP contribution is -2.58. The zero-order valence-corrected chi connectivity index (χ0v) is 15.0. The second-order valence-electron chi connectivity index (χ2n) is 6.16. The van der Waals surface area contributed by atoms with Crippen LogP contribution in [0.15, 0.2) is 18.2 Å². The molecular formula is C16H18Cl2N6O. The first-order valence-electron chi connectivity index (χ1n) is 8.15. The average molecular weight is 381 g/mol. The number of nitrogens with two attached hydrogens (primary N) is 1. The minimum Gasteiger partial charge on any atom is -0.382 e. The van der Waals surface area contributed by atoms with Crippen LogP contribution in [0.2, 0.25) is 10.0 Å². The molecule has 1 aromatic carbocycles. The van der Waals surface area contributed by atoms with Gasteiger partial charge in [-0.25, -0.2) is 0 Å². The van der Waals surface area contributed by atoms with E-state index in [2.05, 4.69) is 25.0 Å². The van der Waals surface area contributed by atoms with Gasteiger partial charge in [0.25, 0.3) is 0 Å². The maximum atomic E-state index is 6.25. The van der Waals surface area contributed by atoms with E-state index in [9.17, 15) is 0 Å². The van der Waals surface area contributed by atoms with Crippen molar-refractivity contribution in [3.8, 4) is 11.3 Å². The molecule has 0 saturated carbocycles. The molecule has 2 saturated heterocycles. The van der Waals surface area contributed by atoms with Crippen LogP contribution in [0.4, 0.5) is 11.8 Å². The van der Waals surface area contributed by atoms with E-state index in [1.54, 1.807) is 18.2 Å². The Balaban J connectivity index is 1.59. The first kappa shape index (κ1) is 16.8. The summed E-state index contributed by atoms with van der Waals surface area (Å²) < 4.78 is 5.57. The number of rotatable bonds is 2. The Morgan fingerprint density at radius 2 is 2.04 bits per heavy atom. The topological polar surface area (TPSA) is 80.4 Å². The average Bonchev–Trinajstić information content (AvgIpc) is 2.64. The van der Waals surface area contributed by atoms with E-state index < -0.39 is 0 Å². The maximum Gasteiger partial charge on any atom is 0.247 e. The minimum absolute atomic E-state index is 0.288. The number of ether oxygens (including phenoxy) is 1. The van der Waals surface area contributed by atoms with Gasteiger partial charge >= 0.3 is 0 Å². The van der Waals surface area contributed by atoms with Crippen LogP contribution in [-0.2, 0) is 4.74 Å². The number of hydrogen-bond acceptors (Lipinski definition) is 7. The molecule has 2 aromatic rings. The predicted molar refractivity (Wildman–Crippen MR) is 98.1 cm³/mol. The van der Waals surface area contributed by atoms with Gasteiger partial charge in [-0.15, -0.1) is 10.2 Å². The van der Waals surface area contributed by atoms with Crippen molar-refractivity contribution < 1.29 is 4.74 Å². The van der Waals surface area contributed by atoms with Crippen LogP contribution < -0.4 is 10.6 Å².